The summed E-state index contributed by atoms with van der Waals surface area (Å²) in [7, 11) is 0. The molecule has 4 nitrogen and oxygen atoms in total. The van der Waals surface area contributed by atoms with Gasteiger partial charge in [0.1, 0.15) is 5.82 Å². The van der Waals surface area contributed by atoms with Crippen LogP contribution in [0.3, 0.4) is 0 Å². The maximum absolute atomic E-state index is 13.2. The molecule has 1 heterocycles. The Kier molecular flexibility index (Phi) is 3.24. The second kappa shape index (κ2) is 4.90. The van der Waals surface area contributed by atoms with Crippen molar-refractivity contribution in [2.75, 3.05) is 19.7 Å². The van der Waals surface area contributed by atoms with E-state index in [1.54, 1.807) is 6.07 Å². The van der Waals surface area contributed by atoms with Gasteiger partial charge in [-0.15, -0.1) is 0 Å². The van der Waals surface area contributed by atoms with Crippen LogP contribution in [0.4, 0.5) is 4.39 Å². The molecule has 5 heteroatoms. The van der Waals surface area contributed by atoms with Crippen LogP contribution >= 0.6 is 0 Å². The Labute approximate surface area is 110 Å². The number of aliphatic carboxylic acids is 1. The summed E-state index contributed by atoms with van der Waals surface area (Å²) in [4.78, 5) is 13.1. The van der Waals surface area contributed by atoms with Gasteiger partial charge < -0.3 is 9.84 Å². The van der Waals surface area contributed by atoms with Gasteiger partial charge in [0.25, 0.3) is 0 Å². The number of ether oxygens (including phenoxy) is 1. The van der Waals surface area contributed by atoms with Gasteiger partial charge in [0, 0.05) is 19.1 Å². The Morgan fingerprint density at radius 1 is 1.47 bits per heavy atom. The van der Waals surface area contributed by atoms with Crippen molar-refractivity contribution in [1.29, 1.82) is 0 Å². The molecular formula is C14H16FNO3. The van der Waals surface area contributed by atoms with Crippen molar-refractivity contribution in [3.05, 3.63) is 35.1 Å². The normalized spacial score (nSPS) is 27.2. The largest absolute Gasteiger partial charge is 0.479 e. The van der Waals surface area contributed by atoms with Crippen LogP contribution in [0.1, 0.15) is 23.6 Å². The Morgan fingerprint density at radius 2 is 2.32 bits per heavy atom. The summed E-state index contributed by atoms with van der Waals surface area (Å²) < 4.78 is 18.4. The lowest BCUT2D eigenvalue weighted by molar-refractivity contribution is -0.157. The first-order valence-electron chi connectivity index (χ1n) is 6.52. The summed E-state index contributed by atoms with van der Waals surface area (Å²) in [6, 6.07) is 5.09. The van der Waals surface area contributed by atoms with Gasteiger partial charge in [-0.25, -0.2) is 9.18 Å². The van der Waals surface area contributed by atoms with Crippen LogP contribution < -0.4 is 0 Å². The van der Waals surface area contributed by atoms with Crippen LogP contribution in [-0.4, -0.2) is 41.8 Å². The van der Waals surface area contributed by atoms with Crippen molar-refractivity contribution >= 4 is 5.97 Å². The summed E-state index contributed by atoms with van der Waals surface area (Å²) in [6.45, 7) is 1.56. The number of hydrogen-bond acceptors (Lipinski definition) is 3. The zero-order valence-corrected chi connectivity index (χ0v) is 10.5. The van der Waals surface area contributed by atoms with Crippen molar-refractivity contribution in [2.24, 2.45) is 0 Å². The number of benzene rings is 1. The molecule has 2 aliphatic rings. The Balaban J connectivity index is 1.79. The first kappa shape index (κ1) is 12.6. The van der Waals surface area contributed by atoms with Crippen LogP contribution in [-0.2, 0) is 16.0 Å². The monoisotopic (exact) mass is 265 g/mol. The van der Waals surface area contributed by atoms with Gasteiger partial charge in [-0.3, -0.25) is 4.90 Å². The minimum atomic E-state index is -0.915. The molecule has 1 aromatic rings. The average Bonchev–Trinajstić information content (AvgIpc) is 2.81. The molecule has 1 aliphatic heterocycles. The van der Waals surface area contributed by atoms with Gasteiger partial charge in [-0.2, -0.15) is 0 Å². The molecule has 0 radical (unpaired) electrons. The van der Waals surface area contributed by atoms with E-state index in [0.717, 1.165) is 30.5 Å². The lowest BCUT2D eigenvalue weighted by Gasteiger charge is -2.35. The highest BCUT2D eigenvalue weighted by atomic mass is 19.1. The number of carboxylic acid groups (broad SMARTS) is 1. The third-order valence-corrected chi connectivity index (χ3v) is 3.97. The van der Waals surface area contributed by atoms with Gasteiger partial charge in [-0.1, -0.05) is 6.07 Å². The molecule has 1 aliphatic carbocycles. The molecule has 0 bridgehead atoms. The molecule has 0 saturated carbocycles. The summed E-state index contributed by atoms with van der Waals surface area (Å²) >= 11 is 0. The molecule has 19 heavy (non-hydrogen) atoms. The van der Waals surface area contributed by atoms with E-state index in [1.807, 2.05) is 6.07 Å². The number of halogens is 1. The highest BCUT2D eigenvalue weighted by molar-refractivity contribution is 5.72. The quantitative estimate of drug-likeness (QED) is 0.882. The van der Waals surface area contributed by atoms with Gasteiger partial charge in [0.05, 0.1) is 6.61 Å². The second-order valence-electron chi connectivity index (χ2n) is 5.09. The number of carboxylic acids is 1. The molecule has 0 amide bonds. The van der Waals surface area contributed by atoms with Gasteiger partial charge in [0.2, 0.25) is 0 Å². The fourth-order valence-electron chi connectivity index (χ4n) is 3.04. The molecule has 1 aromatic carbocycles. The Bertz CT molecular complexity index is 505. The zero-order chi connectivity index (χ0) is 13.4. The molecule has 2 atom stereocenters. The maximum Gasteiger partial charge on any atom is 0.334 e. The fourth-order valence-corrected chi connectivity index (χ4v) is 3.04. The van der Waals surface area contributed by atoms with Gasteiger partial charge in [0.15, 0.2) is 6.10 Å². The Morgan fingerprint density at radius 3 is 3.11 bits per heavy atom. The van der Waals surface area contributed by atoms with E-state index < -0.39 is 12.1 Å². The molecule has 0 spiro atoms. The van der Waals surface area contributed by atoms with Crippen LogP contribution in [0, 0.1) is 5.82 Å². The Hall–Kier alpha value is -1.46. The topological polar surface area (TPSA) is 49.8 Å². The van der Waals surface area contributed by atoms with Gasteiger partial charge >= 0.3 is 5.97 Å². The van der Waals surface area contributed by atoms with Crippen molar-refractivity contribution < 1.29 is 19.0 Å². The van der Waals surface area contributed by atoms with Gasteiger partial charge in [-0.05, 0) is 36.1 Å². The number of rotatable bonds is 2. The predicted octanol–water partition coefficient (Wildman–Crippen LogP) is 1.60. The van der Waals surface area contributed by atoms with Crippen molar-refractivity contribution in [3.63, 3.8) is 0 Å². The molecule has 0 aromatic heterocycles. The molecule has 102 valence electrons. The van der Waals surface area contributed by atoms with Crippen LogP contribution in [0.2, 0.25) is 0 Å². The molecule has 2 unspecified atom stereocenters. The number of nitrogens with zero attached hydrogens (tertiary/aromatic N) is 1. The summed E-state index contributed by atoms with van der Waals surface area (Å²) in [5.74, 6) is -1.12. The van der Waals surface area contributed by atoms with E-state index in [0.29, 0.717) is 13.2 Å². The van der Waals surface area contributed by atoms with E-state index in [9.17, 15) is 9.18 Å². The smallest absolute Gasteiger partial charge is 0.334 e. The third-order valence-electron chi connectivity index (χ3n) is 3.97. The molecule has 1 saturated heterocycles. The molecular weight excluding hydrogens is 249 g/mol. The average molecular weight is 265 g/mol. The SMILES string of the molecule is O=C(O)C1CN(C2CCc3cc(F)ccc32)CCO1. The second-order valence-corrected chi connectivity index (χ2v) is 5.09. The lowest BCUT2D eigenvalue weighted by atomic mass is 10.1. The summed E-state index contributed by atoms with van der Waals surface area (Å²) in [6.07, 6.45) is 1.02. The minimum Gasteiger partial charge on any atom is -0.479 e. The van der Waals surface area contributed by atoms with E-state index in [2.05, 4.69) is 4.90 Å². The van der Waals surface area contributed by atoms with Crippen molar-refractivity contribution in [2.45, 2.75) is 25.0 Å². The number of fused-ring (bicyclic) bond motifs is 1. The highest BCUT2D eigenvalue weighted by Crippen LogP contribution is 2.36. The van der Waals surface area contributed by atoms with E-state index in [-0.39, 0.29) is 11.9 Å². The first-order chi connectivity index (χ1) is 9.15. The fraction of sp³-hybridized carbons (Fsp3) is 0.500. The predicted molar refractivity (Wildman–Crippen MR) is 66.4 cm³/mol. The van der Waals surface area contributed by atoms with E-state index in [4.69, 9.17) is 9.84 Å². The number of aryl methyl sites for hydroxylation is 1. The first-order valence-corrected chi connectivity index (χ1v) is 6.52. The lowest BCUT2D eigenvalue weighted by Crippen LogP contribution is -2.47. The molecule has 3 rings (SSSR count). The van der Waals surface area contributed by atoms with Crippen LogP contribution in [0.15, 0.2) is 18.2 Å². The third kappa shape index (κ3) is 2.35. The molecule has 1 fully saturated rings. The zero-order valence-electron chi connectivity index (χ0n) is 10.5. The van der Waals surface area contributed by atoms with Crippen LogP contribution in [0.25, 0.3) is 0 Å². The van der Waals surface area contributed by atoms with Crippen LogP contribution in [0.5, 0.6) is 0 Å². The maximum atomic E-state index is 13.2. The number of hydrogen-bond donors (Lipinski definition) is 1. The van der Waals surface area contributed by atoms with Crippen molar-refractivity contribution in [1.82, 2.24) is 4.90 Å². The number of morpholine rings is 1. The minimum absolute atomic E-state index is 0.196. The van der Waals surface area contributed by atoms with Crippen molar-refractivity contribution in [3.8, 4) is 0 Å². The van der Waals surface area contributed by atoms with E-state index in [1.165, 1.54) is 6.07 Å². The summed E-state index contributed by atoms with van der Waals surface area (Å²) in [5, 5.41) is 9.03. The number of carbonyl (C=O) groups is 1. The summed E-state index contributed by atoms with van der Waals surface area (Å²) in [5.41, 5.74) is 2.18. The van der Waals surface area contributed by atoms with E-state index >= 15 is 0 Å². The highest BCUT2D eigenvalue weighted by Gasteiger charge is 2.34. The standard InChI is InChI=1S/C14H16FNO3/c15-10-2-3-11-9(7-10)1-4-12(11)16-5-6-19-13(8-16)14(17)18/h2-3,7,12-13H,1,4-6,8H2,(H,17,18). The molecule has 1 N–H and O–H groups in total.